The summed E-state index contributed by atoms with van der Waals surface area (Å²) in [7, 11) is 1.65. The Morgan fingerprint density at radius 3 is 2.64 bits per heavy atom. The van der Waals surface area contributed by atoms with Crippen molar-refractivity contribution in [3.05, 3.63) is 35.4 Å². The Labute approximate surface area is 137 Å². The van der Waals surface area contributed by atoms with E-state index in [0.29, 0.717) is 11.8 Å². The highest BCUT2D eigenvalue weighted by Crippen LogP contribution is 2.42. The van der Waals surface area contributed by atoms with Crippen molar-refractivity contribution >= 4 is 23.5 Å². The molecule has 118 valence electrons. The Balaban J connectivity index is 1.79. The number of para-hydroxylation sites is 1. The SMILES string of the molecule is COc1ccccc1C=C1CCC(C2CCCC2)C(Cl)C1=O. The lowest BCUT2D eigenvalue weighted by Crippen LogP contribution is -2.34. The number of rotatable bonds is 3. The molecule has 0 aromatic heterocycles. The minimum Gasteiger partial charge on any atom is -0.496 e. The minimum atomic E-state index is -0.349. The summed E-state index contributed by atoms with van der Waals surface area (Å²) in [5.74, 6) is 1.94. The largest absolute Gasteiger partial charge is 0.496 e. The second-order valence-corrected chi connectivity index (χ2v) is 6.89. The van der Waals surface area contributed by atoms with Crippen molar-refractivity contribution in [1.29, 1.82) is 0 Å². The molecule has 2 saturated carbocycles. The van der Waals surface area contributed by atoms with Gasteiger partial charge in [-0.15, -0.1) is 11.6 Å². The van der Waals surface area contributed by atoms with Crippen LogP contribution in [0.2, 0.25) is 0 Å². The molecule has 2 fully saturated rings. The summed E-state index contributed by atoms with van der Waals surface area (Å²) in [6.07, 6.45) is 8.90. The number of ether oxygens (including phenoxy) is 1. The van der Waals surface area contributed by atoms with Gasteiger partial charge in [0.15, 0.2) is 5.78 Å². The van der Waals surface area contributed by atoms with Gasteiger partial charge in [0.25, 0.3) is 0 Å². The van der Waals surface area contributed by atoms with Crippen molar-refractivity contribution in [2.75, 3.05) is 7.11 Å². The van der Waals surface area contributed by atoms with Gasteiger partial charge in [-0.1, -0.05) is 43.9 Å². The maximum Gasteiger partial charge on any atom is 0.176 e. The van der Waals surface area contributed by atoms with Crippen LogP contribution in [0.1, 0.15) is 44.1 Å². The Kier molecular flexibility index (Phi) is 4.87. The lowest BCUT2D eigenvalue weighted by atomic mass is 9.76. The first-order valence-corrected chi connectivity index (χ1v) is 8.66. The summed E-state index contributed by atoms with van der Waals surface area (Å²) in [6.45, 7) is 0. The van der Waals surface area contributed by atoms with Gasteiger partial charge in [-0.2, -0.15) is 0 Å². The summed E-state index contributed by atoms with van der Waals surface area (Å²) in [4.78, 5) is 12.7. The highest BCUT2D eigenvalue weighted by molar-refractivity contribution is 6.34. The Bertz CT molecular complexity index is 573. The molecule has 2 nitrogen and oxygen atoms in total. The second-order valence-electron chi connectivity index (χ2n) is 6.42. The van der Waals surface area contributed by atoms with Gasteiger partial charge in [0.1, 0.15) is 5.75 Å². The molecule has 22 heavy (non-hydrogen) atoms. The Morgan fingerprint density at radius 1 is 1.18 bits per heavy atom. The van der Waals surface area contributed by atoms with Gasteiger partial charge in [0.2, 0.25) is 0 Å². The van der Waals surface area contributed by atoms with E-state index in [4.69, 9.17) is 16.3 Å². The fourth-order valence-corrected chi connectivity index (χ4v) is 4.41. The molecule has 1 aromatic carbocycles. The highest BCUT2D eigenvalue weighted by Gasteiger charge is 2.38. The molecule has 3 heteroatoms. The molecular formula is C19H23ClO2. The smallest absolute Gasteiger partial charge is 0.176 e. The van der Waals surface area contributed by atoms with Crippen molar-refractivity contribution in [3.8, 4) is 5.75 Å². The number of carbonyl (C=O) groups is 1. The van der Waals surface area contributed by atoms with Crippen molar-refractivity contribution in [2.45, 2.75) is 43.9 Å². The number of benzene rings is 1. The first-order chi connectivity index (χ1) is 10.7. The van der Waals surface area contributed by atoms with Crippen LogP contribution in [0, 0.1) is 11.8 Å². The number of alkyl halides is 1. The molecule has 0 bridgehead atoms. The monoisotopic (exact) mass is 318 g/mol. The molecule has 0 radical (unpaired) electrons. The van der Waals surface area contributed by atoms with E-state index < -0.39 is 0 Å². The van der Waals surface area contributed by atoms with Crippen molar-refractivity contribution < 1.29 is 9.53 Å². The predicted molar refractivity (Wildman–Crippen MR) is 90.3 cm³/mol. The number of halogens is 1. The Hall–Kier alpha value is -1.28. The summed E-state index contributed by atoms with van der Waals surface area (Å²) in [5.41, 5.74) is 1.80. The summed E-state index contributed by atoms with van der Waals surface area (Å²) in [5, 5.41) is -0.349. The van der Waals surface area contributed by atoms with E-state index in [9.17, 15) is 4.79 Å². The van der Waals surface area contributed by atoms with Gasteiger partial charge in [-0.05, 0) is 42.4 Å². The van der Waals surface area contributed by atoms with Crippen LogP contribution in [-0.2, 0) is 4.79 Å². The normalized spacial score (nSPS) is 28.3. The standard InChI is InChI=1S/C19H23ClO2/c1-22-17-9-5-4-8-14(17)12-15-10-11-16(18(20)19(15)21)13-6-2-3-7-13/h4-5,8-9,12-13,16,18H,2-3,6-7,10-11H2,1H3. The zero-order valence-electron chi connectivity index (χ0n) is 13.1. The number of Topliss-reactive ketones (excluding diaryl/α,β-unsaturated/α-hetero) is 1. The van der Waals surface area contributed by atoms with E-state index in [2.05, 4.69) is 0 Å². The molecule has 2 aliphatic carbocycles. The molecule has 1 aromatic rings. The average molecular weight is 319 g/mol. The zero-order chi connectivity index (χ0) is 15.5. The third kappa shape index (κ3) is 3.08. The first kappa shape index (κ1) is 15.6. The highest BCUT2D eigenvalue weighted by atomic mass is 35.5. The lowest BCUT2D eigenvalue weighted by molar-refractivity contribution is -0.117. The maximum absolute atomic E-state index is 12.7. The van der Waals surface area contributed by atoms with Crippen molar-refractivity contribution in [1.82, 2.24) is 0 Å². The molecule has 0 heterocycles. The molecule has 0 saturated heterocycles. The van der Waals surface area contributed by atoms with Crippen LogP contribution >= 0.6 is 11.6 Å². The van der Waals surface area contributed by atoms with Crippen LogP contribution < -0.4 is 4.74 Å². The molecule has 0 aliphatic heterocycles. The summed E-state index contributed by atoms with van der Waals surface area (Å²) in [6, 6.07) is 7.79. The first-order valence-electron chi connectivity index (χ1n) is 8.22. The van der Waals surface area contributed by atoms with E-state index in [-0.39, 0.29) is 11.2 Å². The fourth-order valence-electron chi connectivity index (χ4n) is 3.94. The molecule has 2 unspecified atom stereocenters. The van der Waals surface area contributed by atoms with Crippen molar-refractivity contribution in [2.24, 2.45) is 11.8 Å². The number of ketones is 1. The summed E-state index contributed by atoms with van der Waals surface area (Å²) < 4.78 is 5.36. The maximum atomic E-state index is 12.7. The Morgan fingerprint density at radius 2 is 1.91 bits per heavy atom. The van der Waals surface area contributed by atoms with E-state index in [1.807, 2.05) is 30.3 Å². The molecule has 0 N–H and O–H groups in total. The number of methoxy groups -OCH3 is 1. The molecule has 0 spiro atoms. The molecule has 2 aliphatic rings. The van der Waals surface area contributed by atoms with E-state index in [1.165, 1.54) is 25.7 Å². The number of hydrogen-bond acceptors (Lipinski definition) is 2. The number of allylic oxidation sites excluding steroid dienone is 1. The molecule has 0 amide bonds. The van der Waals surface area contributed by atoms with Gasteiger partial charge in [-0.3, -0.25) is 4.79 Å². The summed E-state index contributed by atoms with van der Waals surface area (Å²) >= 11 is 6.53. The van der Waals surface area contributed by atoms with E-state index in [0.717, 1.165) is 29.7 Å². The van der Waals surface area contributed by atoms with Gasteiger partial charge in [-0.25, -0.2) is 0 Å². The number of carbonyl (C=O) groups excluding carboxylic acids is 1. The van der Waals surface area contributed by atoms with Gasteiger partial charge in [0, 0.05) is 5.56 Å². The predicted octanol–water partition coefficient (Wildman–Crippen LogP) is 4.86. The van der Waals surface area contributed by atoms with Crippen LogP contribution in [0.4, 0.5) is 0 Å². The minimum absolute atomic E-state index is 0.121. The van der Waals surface area contributed by atoms with E-state index in [1.54, 1.807) is 7.11 Å². The number of hydrogen-bond donors (Lipinski definition) is 0. The van der Waals surface area contributed by atoms with Crippen molar-refractivity contribution in [3.63, 3.8) is 0 Å². The quantitative estimate of drug-likeness (QED) is 0.588. The molecule has 3 rings (SSSR count). The third-order valence-electron chi connectivity index (χ3n) is 5.16. The fraction of sp³-hybridized carbons (Fsp3) is 0.526. The average Bonchev–Trinajstić information content (AvgIpc) is 3.06. The van der Waals surface area contributed by atoms with Crippen LogP contribution in [0.3, 0.4) is 0 Å². The molecule has 2 atom stereocenters. The van der Waals surface area contributed by atoms with Crippen LogP contribution in [0.25, 0.3) is 6.08 Å². The molecular weight excluding hydrogens is 296 g/mol. The van der Waals surface area contributed by atoms with Gasteiger partial charge < -0.3 is 4.74 Å². The van der Waals surface area contributed by atoms with Crippen LogP contribution in [-0.4, -0.2) is 18.3 Å². The van der Waals surface area contributed by atoms with E-state index >= 15 is 0 Å². The van der Waals surface area contributed by atoms with Crippen LogP contribution in [0.5, 0.6) is 5.75 Å². The van der Waals surface area contributed by atoms with Gasteiger partial charge in [0.05, 0.1) is 12.5 Å². The lowest BCUT2D eigenvalue weighted by Gasteiger charge is -2.32. The van der Waals surface area contributed by atoms with Gasteiger partial charge >= 0.3 is 0 Å². The topological polar surface area (TPSA) is 26.3 Å². The van der Waals surface area contributed by atoms with Crippen LogP contribution in [0.15, 0.2) is 29.8 Å². The second kappa shape index (κ2) is 6.87. The zero-order valence-corrected chi connectivity index (χ0v) is 13.8. The third-order valence-corrected chi connectivity index (χ3v) is 5.69.